The van der Waals surface area contributed by atoms with Gasteiger partial charge >= 0.3 is 0 Å². The van der Waals surface area contributed by atoms with Crippen molar-refractivity contribution in [2.24, 2.45) is 0 Å². The molecule has 5 heteroatoms. The van der Waals surface area contributed by atoms with Crippen molar-refractivity contribution in [2.75, 3.05) is 6.54 Å². The second-order valence-corrected chi connectivity index (χ2v) is 5.40. The molecule has 0 fully saturated rings. The summed E-state index contributed by atoms with van der Waals surface area (Å²) in [6.07, 6.45) is 4.31. The largest absolute Gasteiger partial charge is 0.309 e. The van der Waals surface area contributed by atoms with Gasteiger partial charge in [-0.1, -0.05) is 42.3 Å². The fraction of sp³-hybridized carbons (Fsp3) is 0.333. The highest BCUT2D eigenvalue weighted by Crippen LogP contribution is 2.28. The van der Waals surface area contributed by atoms with Crippen molar-refractivity contribution in [3.63, 3.8) is 0 Å². The van der Waals surface area contributed by atoms with E-state index in [9.17, 15) is 0 Å². The number of rotatable bonds is 5. The first kappa shape index (κ1) is 15.2. The van der Waals surface area contributed by atoms with Gasteiger partial charge in [0.1, 0.15) is 0 Å². The second-order valence-electron chi connectivity index (χ2n) is 4.61. The van der Waals surface area contributed by atoms with Crippen LogP contribution in [0.25, 0.3) is 0 Å². The minimum absolute atomic E-state index is 0.0732. The van der Waals surface area contributed by atoms with E-state index in [0.717, 1.165) is 29.9 Å². The Labute approximate surface area is 129 Å². The zero-order chi connectivity index (χ0) is 14.5. The summed E-state index contributed by atoms with van der Waals surface area (Å²) < 4.78 is 0. The molecule has 0 bridgehead atoms. The topological polar surface area (TPSA) is 37.8 Å². The van der Waals surface area contributed by atoms with Crippen LogP contribution in [-0.2, 0) is 6.42 Å². The van der Waals surface area contributed by atoms with E-state index in [2.05, 4.69) is 22.2 Å². The lowest BCUT2D eigenvalue weighted by molar-refractivity contribution is 0.534. The average molecular weight is 310 g/mol. The lowest BCUT2D eigenvalue weighted by atomic mass is 10.0. The van der Waals surface area contributed by atoms with E-state index in [1.165, 1.54) is 0 Å². The van der Waals surface area contributed by atoms with Crippen LogP contribution in [0.1, 0.15) is 29.9 Å². The first-order valence-corrected chi connectivity index (χ1v) is 7.32. The Hall–Kier alpha value is -1.16. The maximum absolute atomic E-state index is 6.25. The normalized spacial score (nSPS) is 12.4. The minimum Gasteiger partial charge on any atom is -0.309 e. The van der Waals surface area contributed by atoms with Gasteiger partial charge in [0, 0.05) is 6.20 Å². The quantitative estimate of drug-likeness (QED) is 0.907. The van der Waals surface area contributed by atoms with Gasteiger partial charge in [0.05, 0.1) is 33.7 Å². The van der Waals surface area contributed by atoms with Crippen LogP contribution >= 0.6 is 23.2 Å². The molecule has 106 valence electrons. The molecule has 0 radical (unpaired) electrons. The number of nitrogens with one attached hydrogen (secondary N) is 1. The monoisotopic (exact) mass is 309 g/mol. The van der Waals surface area contributed by atoms with Gasteiger partial charge in [-0.25, -0.2) is 0 Å². The Morgan fingerprint density at radius 2 is 2.00 bits per heavy atom. The number of nitrogens with zero attached hydrogens (tertiary/aromatic N) is 2. The smallest absolute Gasteiger partial charge is 0.0759 e. The Kier molecular flexibility index (Phi) is 5.35. The van der Waals surface area contributed by atoms with Gasteiger partial charge < -0.3 is 5.32 Å². The van der Waals surface area contributed by atoms with Gasteiger partial charge in [0.25, 0.3) is 0 Å². The van der Waals surface area contributed by atoms with Crippen molar-refractivity contribution in [3.8, 4) is 0 Å². The number of halogens is 2. The molecule has 0 aliphatic heterocycles. The van der Waals surface area contributed by atoms with Crippen molar-refractivity contribution >= 4 is 23.2 Å². The summed E-state index contributed by atoms with van der Waals surface area (Å²) in [4.78, 5) is 8.75. The first-order chi connectivity index (χ1) is 9.61. The van der Waals surface area contributed by atoms with Crippen LogP contribution in [0, 0.1) is 6.92 Å². The number of benzene rings is 1. The number of aromatic nitrogens is 2. The molecule has 1 N–H and O–H groups in total. The summed E-state index contributed by atoms with van der Waals surface area (Å²) >= 11 is 12.3. The van der Waals surface area contributed by atoms with Gasteiger partial charge in [-0.05, 0) is 31.5 Å². The molecule has 2 rings (SSSR count). The highest BCUT2D eigenvalue weighted by atomic mass is 35.5. The maximum Gasteiger partial charge on any atom is 0.0759 e. The molecule has 1 atom stereocenters. The zero-order valence-electron chi connectivity index (χ0n) is 11.5. The Morgan fingerprint density at radius 1 is 1.20 bits per heavy atom. The molecule has 0 amide bonds. The number of hydrogen-bond acceptors (Lipinski definition) is 3. The lowest BCUT2D eigenvalue weighted by Gasteiger charge is -2.18. The fourth-order valence-corrected chi connectivity index (χ4v) is 2.43. The summed E-state index contributed by atoms with van der Waals surface area (Å²) in [7, 11) is 0. The molecule has 1 aromatic carbocycles. The Balaban J connectivity index is 2.25. The molecule has 2 aromatic rings. The van der Waals surface area contributed by atoms with E-state index in [4.69, 9.17) is 23.2 Å². The number of hydrogen-bond donors (Lipinski definition) is 1. The molecule has 3 nitrogen and oxygen atoms in total. The third-order valence-corrected chi connectivity index (χ3v) is 3.92. The molecule has 0 spiro atoms. The Bertz CT molecular complexity index is 570. The third-order valence-electron chi connectivity index (χ3n) is 3.06. The molecular formula is C15H17Cl2N3. The number of likely N-dealkylation sites (N-methyl/N-ethyl adjacent to an activating group) is 1. The fourth-order valence-electron chi connectivity index (χ4n) is 2.04. The summed E-state index contributed by atoms with van der Waals surface area (Å²) in [5, 5.41) is 4.60. The average Bonchev–Trinajstić information content (AvgIpc) is 2.44. The highest BCUT2D eigenvalue weighted by molar-refractivity contribution is 6.42. The maximum atomic E-state index is 6.25. The molecule has 0 aliphatic carbocycles. The van der Waals surface area contributed by atoms with Crippen LogP contribution in [0.3, 0.4) is 0 Å². The summed E-state index contributed by atoms with van der Waals surface area (Å²) in [6, 6.07) is 5.76. The molecule has 1 heterocycles. The molecule has 1 aromatic heterocycles. The SMILES string of the molecule is CCNC(Cc1cccc(Cl)c1Cl)c1cnc(C)cn1. The van der Waals surface area contributed by atoms with Crippen molar-refractivity contribution in [2.45, 2.75) is 26.3 Å². The summed E-state index contributed by atoms with van der Waals surface area (Å²) in [5.74, 6) is 0. The van der Waals surface area contributed by atoms with Gasteiger partial charge in [0.15, 0.2) is 0 Å². The van der Waals surface area contributed by atoms with Crippen molar-refractivity contribution in [3.05, 3.63) is 57.6 Å². The molecule has 1 unspecified atom stereocenters. The molecule has 20 heavy (non-hydrogen) atoms. The predicted octanol–water partition coefficient (Wildman–Crippen LogP) is 3.99. The predicted molar refractivity (Wildman–Crippen MR) is 83.4 cm³/mol. The van der Waals surface area contributed by atoms with Gasteiger partial charge in [0.2, 0.25) is 0 Å². The molecular weight excluding hydrogens is 293 g/mol. The van der Waals surface area contributed by atoms with Crippen LogP contribution < -0.4 is 5.32 Å². The van der Waals surface area contributed by atoms with Crippen molar-refractivity contribution in [1.29, 1.82) is 0 Å². The molecule has 0 saturated heterocycles. The van der Waals surface area contributed by atoms with E-state index in [1.807, 2.05) is 19.1 Å². The second kappa shape index (κ2) is 7.02. The first-order valence-electron chi connectivity index (χ1n) is 6.56. The summed E-state index contributed by atoms with van der Waals surface area (Å²) in [6.45, 7) is 4.83. The van der Waals surface area contributed by atoms with Crippen LogP contribution in [-0.4, -0.2) is 16.5 Å². The lowest BCUT2D eigenvalue weighted by Crippen LogP contribution is -2.24. The zero-order valence-corrected chi connectivity index (χ0v) is 13.0. The van der Waals surface area contributed by atoms with E-state index in [0.29, 0.717) is 10.0 Å². The highest BCUT2D eigenvalue weighted by Gasteiger charge is 2.15. The van der Waals surface area contributed by atoms with Crippen LogP contribution in [0.15, 0.2) is 30.6 Å². The third kappa shape index (κ3) is 3.69. The van der Waals surface area contributed by atoms with Crippen molar-refractivity contribution < 1.29 is 0 Å². The van der Waals surface area contributed by atoms with E-state index in [1.54, 1.807) is 18.5 Å². The standard InChI is InChI=1S/C15H17Cl2N3/c1-3-18-13(14-9-19-10(2)8-20-14)7-11-5-4-6-12(16)15(11)17/h4-6,8-9,13,18H,3,7H2,1-2H3. The van der Waals surface area contributed by atoms with Crippen LogP contribution in [0.4, 0.5) is 0 Å². The summed E-state index contributed by atoms with van der Waals surface area (Å²) in [5.41, 5.74) is 2.82. The van der Waals surface area contributed by atoms with Crippen LogP contribution in [0.5, 0.6) is 0 Å². The van der Waals surface area contributed by atoms with Gasteiger partial charge in [-0.15, -0.1) is 0 Å². The van der Waals surface area contributed by atoms with Gasteiger partial charge in [-0.3, -0.25) is 9.97 Å². The molecule has 0 aliphatic rings. The van der Waals surface area contributed by atoms with E-state index >= 15 is 0 Å². The minimum atomic E-state index is 0.0732. The van der Waals surface area contributed by atoms with Gasteiger partial charge in [-0.2, -0.15) is 0 Å². The Morgan fingerprint density at radius 3 is 2.65 bits per heavy atom. The van der Waals surface area contributed by atoms with E-state index in [-0.39, 0.29) is 6.04 Å². The molecule has 0 saturated carbocycles. The van der Waals surface area contributed by atoms with E-state index < -0.39 is 0 Å². The van der Waals surface area contributed by atoms with Crippen LogP contribution in [0.2, 0.25) is 10.0 Å². The van der Waals surface area contributed by atoms with Crippen molar-refractivity contribution in [1.82, 2.24) is 15.3 Å². The number of aryl methyl sites for hydroxylation is 1.